The summed E-state index contributed by atoms with van der Waals surface area (Å²) in [6, 6.07) is 3.57. The van der Waals surface area contributed by atoms with Crippen LogP contribution in [0.5, 0.6) is 0 Å². The van der Waals surface area contributed by atoms with Gasteiger partial charge in [-0.1, -0.05) is 11.8 Å². The Hall–Kier alpha value is -2.63. The molecule has 0 fully saturated rings. The van der Waals surface area contributed by atoms with E-state index in [2.05, 4.69) is 22.1 Å². The number of aromatic nitrogens is 2. The molecule has 0 spiro atoms. The van der Waals surface area contributed by atoms with E-state index >= 15 is 0 Å². The van der Waals surface area contributed by atoms with Crippen molar-refractivity contribution in [3.8, 4) is 11.8 Å². The van der Waals surface area contributed by atoms with Crippen LogP contribution in [0.3, 0.4) is 0 Å². The third kappa shape index (κ3) is 3.92. The summed E-state index contributed by atoms with van der Waals surface area (Å²) in [6.07, 6.45) is 1.07. The smallest absolute Gasteiger partial charge is 0.325 e. The highest BCUT2D eigenvalue weighted by molar-refractivity contribution is 7.12. The molecule has 0 bridgehead atoms. The van der Waals surface area contributed by atoms with Crippen LogP contribution in [0.2, 0.25) is 0 Å². The predicted octanol–water partition coefficient (Wildman–Crippen LogP) is -0.602. The minimum Gasteiger partial charge on any atom is -0.384 e. The first kappa shape index (κ1) is 14.8. The molecule has 1 amide bonds. The molecule has 2 heterocycles. The molecular weight excluding hydrogens is 294 g/mol. The van der Waals surface area contributed by atoms with E-state index in [1.165, 1.54) is 11.3 Å². The van der Waals surface area contributed by atoms with Crippen molar-refractivity contribution in [3.05, 3.63) is 54.5 Å². The monoisotopic (exact) mass is 305 g/mol. The van der Waals surface area contributed by atoms with Gasteiger partial charge in [-0.2, -0.15) is 0 Å². The van der Waals surface area contributed by atoms with Crippen molar-refractivity contribution in [2.24, 2.45) is 0 Å². The van der Waals surface area contributed by atoms with Gasteiger partial charge in [0.2, 0.25) is 0 Å². The summed E-state index contributed by atoms with van der Waals surface area (Å²) >= 11 is 1.37. The molecule has 2 rings (SSSR count). The summed E-state index contributed by atoms with van der Waals surface area (Å²) in [6.45, 7) is 0.0296. The Kier molecular flexibility index (Phi) is 4.71. The van der Waals surface area contributed by atoms with Crippen molar-refractivity contribution in [2.45, 2.75) is 6.54 Å². The van der Waals surface area contributed by atoms with Gasteiger partial charge in [0.15, 0.2) is 0 Å². The van der Waals surface area contributed by atoms with Crippen LogP contribution in [0.25, 0.3) is 0 Å². The fourth-order valence-corrected chi connectivity index (χ4v) is 2.33. The number of carbonyl (C=O) groups is 1. The number of aliphatic hydroxyl groups is 1. The molecule has 7 nitrogen and oxygen atoms in total. The first-order valence-electron chi connectivity index (χ1n) is 5.89. The maximum absolute atomic E-state index is 11.8. The third-order valence-electron chi connectivity index (χ3n) is 2.44. The van der Waals surface area contributed by atoms with Gasteiger partial charge in [0.1, 0.15) is 12.2 Å². The SMILES string of the molecule is O=C(NCc1ccc(C#CCO)s1)c1c[nH]c(=O)[nH]c1=O. The molecule has 0 unspecified atom stereocenters. The van der Waals surface area contributed by atoms with Crippen molar-refractivity contribution in [3.63, 3.8) is 0 Å². The molecule has 0 radical (unpaired) electrons. The van der Waals surface area contributed by atoms with Gasteiger partial charge < -0.3 is 15.4 Å². The fourth-order valence-electron chi connectivity index (χ4n) is 1.51. The summed E-state index contributed by atoms with van der Waals surface area (Å²) < 4.78 is 0. The molecule has 2 aromatic heterocycles. The number of aromatic amines is 2. The van der Waals surface area contributed by atoms with E-state index in [0.29, 0.717) is 0 Å². The number of H-pyrrole nitrogens is 2. The van der Waals surface area contributed by atoms with E-state index in [-0.39, 0.29) is 18.7 Å². The fraction of sp³-hybridized carbons (Fsp3) is 0.154. The Morgan fingerprint density at radius 3 is 2.90 bits per heavy atom. The topological polar surface area (TPSA) is 115 Å². The third-order valence-corrected chi connectivity index (χ3v) is 3.44. The maximum Gasteiger partial charge on any atom is 0.325 e. The molecule has 108 valence electrons. The number of amides is 1. The molecule has 21 heavy (non-hydrogen) atoms. The van der Waals surface area contributed by atoms with Crippen LogP contribution in [0.15, 0.2) is 27.9 Å². The molecule has 4 N–H and O–H groups in total. The lowest BCUT2D eigenvalue weighted by Gasteiger charge is -2.02. The van der Waals surface area contributed by atoms with Crippen molar-refractivity contribution in [1.29, 1.82) is 0 Å². The quantitative estimate of drug-likeness (QED) is 0.567. The van der Waals surface area contributed by atoms with Crippen molar-refractivity contribution >= 4 is 17.2 Å². The lowest BCUT2D eigenvalue weighted by molar-refractivity contribution is 0.0949. The van der Waals surface area contributed by atoms with Crippen LogP contribution in [-0.2, 0) is 6.54 Å². The van der Waals surface area contributed by atoms with E-state index in [0.717, 1.165) is 16.0 Å². The Morgan fingerprint density at radius 2 is 2.19 bits per heavy atom. The Balaban J connectivity index is 2.02. The minimum absolute atomic E-state index is 0.161. The van der Waals surface area contributed by atoms with Crippen LogP contribution in [-0.4, -0.2) is 27.6 Å². The molecule has 0 atom stereocenters. The van der Waals surface area contributed by atoms with Crippen LogP contribution in [0.4, 0.5) is 0 Å². The lowest BCUT2D eigenvalue weighted by atomic mass is 10.3. The van der Waals surface area contributed by atoms with Crippen LogP contribution >= 0.6 is 11.3 Å². The van der Waals surface area contributed by atoms with Gasteiger partial charge in [0, 0.05) is 11.1 Å². The number of hydrogen-bond donors (Lipinski definition) is 4. The highest BCUT2D eigenvalue weighted by Crippen LogP contribution is 2.15. The molecule has 0 saturated heterocycles. The predicted molar refractivity (Wildman–Crippen MR) is 77.1 cm³/mol. The van der Waals surface area contributed by atoms with E-state index in [4.69, 9.17) is 5.11 Å². The maximum atomic E-state index is 11.8. The number of carbonyl (C=O) groups excluding carboxylic acids is 1. The van der Waals surface area contributed by atoms with Crippen molar-refractivity contribution in [1.82, 2.24) is 15.3 Å². The van der Waals surface area contributed by atoms with Gasteiger partial charge in [-0.05, 0) is 12.1 Å². The number of hydrogen-bond acceptors (Lipinski definition) is 5. The molecule has 0 aliphatic rings. The Morgan fingerprint density at radius 1 is 1.38 bits per heavy atom. The van der Waals surface area contributed by atoms with Gasteiger partial charge >= 0.3 is 5.69 Å². The Bertz CT molecular complexity index is 822. The van der Waals surface area contributed by atoms with E-state index in [1.807, 2.05) is 4.98 Å². The zero-order chi connectivity index (χ0) is 15.2. The highest BCUT2D eigenvalue weighted by Gasteiger charge is 2.10. The normalized spacial score (nSPS) is 9.76. The number of rotatable bonds is 3. The van der Waals surface area contributed by atoms with Crippen LogP contribution in [0, 0.1) is 11.8 Å². The van der Waals surface area contributed by atoms with Gasteiger partial charge in [-0.25, -0.2) is 4.79 Å². The van der Waals surface area contributed by atoms with Crippen molar-refractivity contribution in [2.75, 3.05) is 6.61 Å². The van der Waals surface area contributed by atoms with Gasteiger partial charge in [0.25, 0.3) is 11.5 Å². The average Bonchev–Trinajstić information content (AvgIpc) is 2.90. The van der Waals surface area contributed by atoms with Crippen LogP contribution < -0.4 is 16.6 Å². The molecule has 0 aliphatic heterocycles. The highest BCUT2D eigenvalue weighted by atomic mass is 32.1. The molecule has 2 aromatic rings. The molecule has 0 aromatic carbocycles. The standard InChI is InChI=1S/C13H11N3O4S/c17-5-1-2-8-3-4-9(21-8)6-14-11(18)10-7-15-13(20)16-12(10)19/h3-4,7,17H,5-6H2,(H,14,18)(H2,15,16,19,20). The minimum atomic E-state index is -0.739. The Labute approximate surface area is 122 Å². The summed E-state index contributed by atoms with van der Waals surface area (Å²) in [7, 11) is 0. The van der Waals surface area contributed by atoms with E-state index in [1.54, 1.807) is 12.1 Å². The van der Waals surface area contributed by atoms with Crippen molar-refractivity contribution < 1.29 is 9.90 Å². The summed E-state index contributed by atoms with van der Waals surface area (Å²) in [5.74, 6) is 4.71. The van der Waals surface area contributed by atoms with E-state index < -0.39 is 17.2 Å². The summed E-state index contributed by atoms with van der Waals surface area (Å²) in [4.78, 5) is 40.0. The number of thiophene rings is 1. The average molecular weight is 305 g/mol. The molecule has 0 saturated carbocycles. The largest absolute Gasteiger partial charge is 0.384 e. The second kappa shape index (κ2) is 6.69. The van der Waals surface area contributed by atoms with E-state index in [9.17, 15) is 14.4 Å². The number of aliphatic hydroxyl groups excluding tert-OH is 1. The number of nitrogens with one attached hydrogen (secondary N) is 3. The van der Waals surface area contributed by atoms with Gasteiger partial charge in [-0.3, -0.25) is 14.6 Å². The first-order valence-corrected chi connectivity index (χ1v) is 6.70. The lowest BCUT2D eigenvalue weighted by Crippen LogP contribution is -2.33. The second-order valence-electron chi connectivity index (χ2n) is 3.89. The summed E-state index contributed by atoms with van der Waals surface area (Å²) in [5.41, 5.74) is -1.56. The molecule has 0 aliphatic carbocycles. The van der Waals surface area contributed by atoms with Gasteiger partial charge in [-0.15, -0.1) is 11.3 Å². The summed E-state index contributed by atoms with van der Waals surface area (Å²) in [5, 5.41) is 11.2. The first-order chi connectivity index (χ1) is 10.1. The second-order valence-corrected chi connectivity index (χ2v) is 5.06. The van der Waals surface area contributed by atoms with Gasteiger partial charge in [0.05, 0.1) is 11.4 Å². The molecular formula is C13H11N3O4S. The zero-order valence-electron chi connectivity index (χ0n) is 10.7. The molecule has 8 heteroatoms. The van der Waals surface area contributed by atoms with Crippen LogP contribution in [0.1, 0.15) is 20.1 Å². The zero-order valence-corrected chi connectivity index (χ0v) is 11.5.